The van der Waals surface area contributed by atoms with Crippen LogP contribution < -0.4 is 32.7 Å². The molecule has 0 saturated carbocycles. The summed E-state index contributed by atoms with van der Waals surface area (Å²) in [5.74, 6) is -4.08. The molecule has 200 valence electrons. The minimum atomic E-state index is -1.24. The molecule has 13 heteroatoms. The predicted octanol–water partition coefficient (Wildman–Crippen LogP) is -1.86. The molecule has 0 aliphatic heterocycles. The van der Waals surface area contributed by atoms with E-state index in [0.717, 1.165) is 0 Å². The first-order valence-electron chi connectivity index (χ1n) is 11.7. The highest BCUT2D eigenvalue weighted by molar-refractivity contribution is 5.95. The molecule has 0 aliphatic carbocycles. The van der Waals surface area contributed by atoms with Gasteiger partial charge in [-0.3, -0.25) is 24.0 Å². The van der Waals surface area contributed by atoms with Crippen molar-refractivity contribution in [1.82, 2.24) is 21.3 Å². The van der Waals surface area contributed by atoms with Crippen LogP contribution in [0.25, 0.3) is 0 Å². The summed E-state index contributed by atoms with van der Waals surface area (Å²) in [6, 6.07) is -4.94. The highest BCUT2D eigenvalue weighted by atomic mass is 16.4. The second-order valence-corrected chi connectivity index (χ2v) is 8.78. The van der Waals surface area contributed by atoms with Crippen LogP contribution >= 0.6 is 0 Å². The van der Waals surface area contributed by atoms with Crippen LogP contribution in [0.3, 0.4) is 0 Å². The summed E-state index contributed by atoms with van der Waals surface area (Å²) >= 11 is 0. The fraction of sp³-hybridized carbons (Fsp3) is 0.727. The van der Waals surface area contributed by atoms with Crippen molar-refractivity contribution in [1.29, 1.82) is 0 Å². The molecule has 0 aromatic rings. The third-order valence-corrected chi connectivity index (χ3v) is 5.15. The van der Waals surface area contributed by atoms with Gasteiger partial charge in [0.15, 0.2) is 0 Å². The van der Waals surface area contributed by atoms with E-state index in [0.29, 0.717) is 32.1 Å². The van der Waals surface area contributed by atoms with E-state index < -0.39 is 66.2 Å². The molecule has 0 aliphatic rings. The molecule has 0 unspecified atom stereocenters. The van der Waals surface area contributed by atoms with Gasteiger partial charge in [-0.15, -0.1) is 0 Å². The highest BCUT2D eigenvalue weighted by Crippen LogP contribution is 2.05. The third kappa shape index (κ3) is 12.8. The van der Waals surface area contributed by atoms with Crippen molar-refractivity contribution in [3.05, 3.63) is 0 Å². The Morgan fingerprint density at radius 1 is 0.829 bits per heavy atom. The van der Waals surface area contributed by atoms with E-state index in [1.165, 1.54) is 13.8 Å². The van der Waals surface area contributed by atoms with Gasteiger partial charge >= 0.3 is 5.97 Å². The van der Waals surface area contributed by atoms with Gasteiger partial charge in [0.25, 0.3) is 0 Å². The number of hydrogen-bond donors (Lipinski definition) is 7. The Balaban J connectivity index is 5.25. The van der Waals surface area contributed by atoms with E-state index in [9.17, 15) is 28.8 Å². The summed E-state index contributed by atoms with van der Waals surface area (Å²) in [6.45, 7) is 6.70. The summed E-state index contributed by atoms with van der Waals surface area (Å²) in [5.41, 5.74) is 11.0. The number of nitrogens with two attached hydrogens (primary N) is 2. The second-order valence-electron chi connectivity index (χ2n) is 8.78. The van der Waals surface area contributed by atoms with Crippen LogP contribution in [-0.4, -0.2) is 77.7 Å². The van der Waals surface area contributed by atoms with Crippen molar-refractivity contribution in [3.8, 4) is 0 Å². The summed E-state index contributed by atoms with van der Waals surface area (Å²) in [6.07, 6.45) is 1.56. The molecule has 9 N–H and O–H groups in total. The minimum absolute atomic E-state index is 0.221. The van der Waals surface area contributed by atoms with E-state index in [1.54, 1.807) is 13.8 Å². The van der Waals surface area contributed by atoms with Gasteiger partial charge in [0, 0.05) is 6.42 Å². The number of unbranched alkanes of at least 4 members (excludes halogenated alkanes) is 1. The van der Waals surface area contributed by atoms with Crippen LogP contribution in [0.5, 0.6) is 0 Å². The van der Waals surface area contributed by atoms with Crippen molar-refractivity contribution in [2.24, 2.45) is 17.4 Å². The molecule has 0 saturated heterocycles. The lowest BCUT2D eigenvalue weighted by Crippen LogP contribution is -2.58. The lowest BCUT2D eigenvalue weighted by Gasteiger charge is -2.26. The number of carbonyl (C=O) groups excluding carboxylic acids is 5. The van der Waals surface area contributed by atoms with Crippen molar-refractivity contribution in [2.45, 2.75) is 90.0 Å². The molecule has 0 aromatic heterocycles. The normalized spacial score (nSPS) is 15.2. The zero-order valence-electron chi connectivity index (χ0n) is 20.8. The largest absolute Gasteiger partial charge is 0.481 e. The number of nitrogens with one attached hydrogen (secondary N) is 4. The lowest BCUT2D eigenvalue weighted by atomic mass is 10.0. The monoisotopic (exact) mass is 500 g/mol. The van der Waals surface area contributed by atoms with Crippen LogP contribution in [0.4, 0.5) is 0 Å². The molecule has 0 radical (unpaired) electrons. The average Bonchev–Trinajstić information content (AvgIpc) is 2.78. The van der Waals surface area contributed by atoms with Gasteiger partial charge in [0.2, 0.25) is 23.6 Å². The second kappa shape index (κ2) is 16.5. The van der Waals surface area contributed by atoms with Crippen molar-refractivity contribution in [3.63, 3.8) is 0 Å². The van der Waals surface area contributed by atoms with Gasteiger partial charge in [-0.25, -0.2) is 0 Å². The molecule has 0 bridgehead atoms. The summed E-state index contributed by atoms with van der Waals surface area (Å²) in [4.78, 5) is 72.2. The summed E-state index contributed by atoms with van der Waals surface area (Å²) in [5, 5.41) is 18.9. The SMILES string of the molecule is CC(C)[C@H](NC(=O)[C@H](C)N)C(=O)N[C@@H](C)C(=O)N[C@@H](CCC(=O)O)C(=O)N[C@H](C=O)CCCCN. The zero-order chi connectivity index (χ0) is 27.1. The van der Waals surface area contributed by atoms with E-state index in [1.807, 2.05) is 0 Å². The Labute approximate surface area is 205 Å². The Morgan fingerprint density at radius 3 is 1.94 bits per heavy atom. The van der Waals surface area contributed by atoms with Crippen molar-refractivity contribution < 1.29 is 33.9 Å². The number of rotatable bonds is 17. The summed E-state index contributed by atoms with van der Waals surface area (Å²) < 4.78 is 0. The molecule has 0 aromatic carbocycles. The van der Waals surface area contributed by atoms with Gasteiger partial charge in [-0.05, 0) is 52.0 Å². The van der Waals surface area contributed by atoms with Gasteiger partial charge in [0.1, 0.15) is 24.4 Å². The molecule has 35 heavy (non-hydrogen) atoms. The molecular weight excluding hydrogens is 460 g/mol. The highest BCUT2D eigenvalue weighted by Gasteiger charge is 2.30. The molecule has 0 fully saturated rings. The number of aldehydes is 1. The number of hydrogen-bond acceptors (Lipinski definition) is 8. The quantitative estimate of drug-likeness (QED) is 0.0877. The van der Waals surface area contributed by atoms with Gasteiger partial charge in [0.05, 0.1) is 12.1 Å². The maximum Gasteiger partial charge on any atom is 0.303 e. The first kappa shape index (κ1) is 31.9. The van der Waals surface area contributed by atoms with E-state index in [-0.39, 0.29) is 12.3 Å². The fourth-order valence-electron chi connectivity index (χ4n) is 2.99. The molecule has 0 spiro atoms. The first-order valence-corrected chi connectivity index (χ1v) is 11.7. The van der Waals surface area contributed by atoms with E-state index >= 15 is 0 Å². The minimum Gasteiger partial charge on any atom is -0.481 e. The number of amides is 4. The Hall–Kier alpha value is -3.06. The van der Waals surface area contributed by atoms with Crippen molar-refractivity contribution >= 4 is 35.9 Å². The summed E-state index contributed by atoms with van der Waals surface area (Å²) in [7, 11) is 0. The Bertz CT molecular complexity index is 744. The number of carboxylic acid groups (broad SMARTS) is 1. The molecule has 0 heterocycles. The van der Waals surface area contributed by atoms with Gasteiger partial charge in [-0.1, -0.05) is 13.8 Å². The van der Waals surface area contributed by atoms with Crippen LogP contribution in [0.1, 0.15) is 59.8 Å². The van der Waals surface area contributed by atoms with Crippen LogP contribution in [0.15, 0.2) is 0 Å². The number of aliphatic carboxylic acids is 1. The Morgan fingerprint density at radius 2 is 1.46 bits per heavy atom. The van der Waals surface area contributed by atoms with Gasteiger partial charge in [-0.2, -0.15) is 0 Å². The molecule has 13 nitrogen and oxygen atoms in total. The fourth-order valence-corrected chi connectivity index (χ4v) is 2.99. The smallest absolute Gasteiger partial charge is 0.303 e. The van der Waals surface area contributed by atoms with E-state index in [2.05, 4.69) is 21.3 Å². The standard InChI is InChI=1S/C22H40N6O7/c1-12(2)18(28-19(32)13(3)24)22(35)25-14(4)20(33)27-16(8-9-17(30)31)21(34)26-15(11-29)7-5-6-10-23/h11-16,18H,5-10,23-24H2,1-4H3,(H,25,35)(H,26,34)(H,27,33)(H,28,32)(H,30,31)/t13-,14-,15-,16-,18-/m0/s1. The van der Waals surface area contributed by atoms with Crippen LogP contribution in [-0.2, 0) is 28.8 Å². The lowest BCUT2D eigenvalue weighted by molar-refractivity contribution is -0.138. The Kier molecular flexibility index (Phi) is 15.1. The number of carbonyl (C=O) groups is 6. The number of carboxylic acids is 1. The average molecular weight is 501 g/mol. The van der Waals surface area contributed by atoms with E-state index in [4.69, 9.17) is 16.6 Å². The maximum absolute atomic E-state index is 12.7. The van der Waals surface area contributed by atoms with Crippen LogP contribution in [0.2, 0.25) is 0 Å². The molecule has 0 rings (SSSR count). The first-order chi connectivity index (χ1) is 16.3. The molecule has 4 amide bonds. The van der Waals surface area contributed by atoms with Crippen LogP contribution in [0, 0.1) is 5.92 Å². The molecular formula is C22H40N6O7. The molecule has 5 atom stereocenters. The van der Waals surface area contributed by atoms with Crippen molar-refractivity contribution in [2.75, 3.05) is 6.54 Å². The third-order valence-electron chi connectivity index (χ3n) is 5.15. The predicted molar refractivity (Wildman–Crippen MR) is 128 cm³/mol. The van der Waals surface area contributed by atoms with Gasteiger partial charge < -0.3 is 42.6 Å². The topological polar surface area (TPSA) is 223 Å². The maximum atomic E-state index is 12.7. The zero-order valence-corrected chi connectivity index (χ0v) is 20.8.